The molecular weight excluding hydrogens is 168 g/mol. The van der Waals surface area contributed by atoms with Crippen LogP contribution in [0.1, 0.15) is 25.7 Å². The molecular formula is C14H17. The van der Waals surface area contributed by atoms with Gasteiger partial charge in [0, 0.05) is 0 Å². The molecule has 0 atom stereocenters. The minimum absolute atomic E-state index is 0.921. The van der Waals surface area contributed by atoms with Crippen molar-refractivity contribution in [1.29, 1.82) is 0 Å². The van der Waals surface area contributed by atoms with Crippen molar-refractivity contribution in [2.75, 3.05) is 0 Å². The highest BCUT2D eigenvalue weighted by molar-refractivity contribution is 5.08. The molecule has 0 bridgehead atoms. The quantitative estimate of drug-likeness (QED) is 0.497. The van der Waals surface area contributed by atoms with Gasteiger partial charge in [0.25, 0.3) is 0 Å². The zero-order chi connectivity index (χ0) is 9.90. The molecule has 14 heavy (non-hydrogen) atoms. The van der Waals surface area contributed by atoms with Crippen LogP contribution in [0.5, 0.6) is 0 Å². The summed E-state index contributed by atoms with van der Waals surface area (Å²) >= 11 is 0. The first-order valence-corrected chi connectivity index (χ1v) is 5.18. The summed E-state index contributed by atoms with van der Waals surface area (Å²) in [6.07, 6.45) is 26.5. The second kappa shape index (κ2) is 8.31. The Morgan fingerprint density at radius 1 is 0.714 bits per heavy atom. The predicted molar refractivity (Wildman–Crippen MR) is 62.8 cm³/mol. The number of hydrogen-bond acceptors (Lipinski definition) is 0. The van der Waals surface area contributed by atoms with Gasteiger partial charge in [-0.1, -0.05) is 54.7 Å². The number of allylic oxidation sites excluding steroid dienone is 10. The summed E-state index contributed by atoms with van der Waals surface area (Å²) in [5.74, 6) is 0. The van der Waals surface area contributed by atoms with Gasteiger partial charge in [0.1, 0.15) is 0 Å². The van der Waals surface area contributed by atoms with E-state index in [4.69, 9.17) is 0 Å². The average molecular weight is 185 g/mol. The van der Waals surface area contributed by atoms with Gasteiger partial charge in [-0.25, -0.2) is 0 Å². The molecule has 0 saturated carbocycles. The summed E-state index contributed by atoms with van der Waals surface area (Å²) in [5.41, 5.74) is 0. The van der Waals surface area contributed by atoms with Gasteiger partial charge in [0.15, 0.2) is 0 Å². The van der Waals surface area contributed by atoms with Crippen LogP contribution >= 0.6 is 0 Å². The molecule has 1 aliphatic carbocycles. The molecule has 0 unspecified atom stereocenters. The Morgan fingerprint density at radius 3 is 2.50 bits per heavy atom. The minimum Gasteiger partial charge on any atom is -0.0879 e. The van der Waals surface area contributed by atoms with E-state index in [1.165, 1.54) is 0 Å². The largest absolute Gasteiger partial charge is 0.0879 e. The molecule has 0 heterocycles. The summed E-state index contributed by atoms with van der Waals surface area (Å²) in [7, 11) is 0. The van der Waals surface area contributed by atoms with Gasteiger partial charge in [-0.3, -0.25) is 0 Å². The van der Waals surface area contributed by atoms with Gasteiger partial charge in [-0.15, -0.1) is 0 Å². The summed E-state index contributed by atoms with van der Waals surface area (Å²) in [5, 5.41) is 0. The van der Waals surface area contributed by atoms with Crippen LogP contribution in [0, 0.1) is 6.08 Å². The van der Waals surface area contributed by atoms with Crippen molar-refractivity contribution in [3.63, 3.8) is 0 Å². The molecule has 0 fully saturated rings. The lowest BCUT2D eigenvalue weighted by atomic mass is 10.2. The Balaban J connectivity index is 2.45. The SMILES string of the molecule is [C]1=C/C=C\C/C=C/C=C/CC/C=C/C/1. The fraction of sp³-hybridized carbons (Fsp3) is 0.286. The number of hydrogen-bond donors (Lipinski definition) is 0. The lowest BCUT2D eigenvalue weighted by Crippen LogP contribution is -1.66. The summed E-state index contributed by atoms with van der Waals surface area (Å²) in [6, 6.07) is 0. The Labute approximate surface area is 87.0 Å². The van der Waals surface area contributed by atoms with Crippen LogP contribution in [0.3, 0.4) is 0 Å². The minimum atomic E-state index is 0.921. The highest BCUT2D eigenvalue weighted by Gasteiger charge is 1.77. The molecule has 0 N–H and O–H groups in total. The summed E-state index contributed by atoms with van der Waals surface area (Å²) in [4.78, 5) is 0. The van der Waals surface area contributed by atoms with Gasteiger partial charge in [-0.05, 0) is 31.8 Å². The normalized spacial score (nSPS) is 29.7. The van der Waals surface area contributed by atoms with Gasteiger partial charge in [-0.2, -0.15) is 0 Å². The Bertz CT molecular complexity index is 262. The first-order chi connectivity index (χ1) is 7.00. The van der Waals surface area contributed by atoms with Crippen LogP contribution in [0.25, 0.3) is 0 Å². The third-order valence-electron chi connectivity index (χ3n) is 1.91. The van der Waals surface area contributed by atoms with Crippen molar-refractivity contribution >= 4 is 0 Å². The number of rotatable bonds is 0. The van der Waals surface area contributed by atoms with E-state index in [2.05, 4.69) is 48.6 Å². The summed E-state index contributed by atoms with van der Waals surface area (Å²) < 4.78 is 0. The molecule has 1 aliphatic rings. The zero-order valence-electron chi connectivity index (χ0n) is 8.52. The Hall–Kier alpha value is -1.30. The van der Waals surface area contributed by atoms with E-state index in [1.54, 1.807) is 0 Å². The maximum atomic E-state index is 3.20. The molecule has 0 heteroatoms. The molecule has 0 aromatic rings. The van der Waals surface area contributed by atoms with E-state index in [9.17, 15) is 0 Å². The predicted octanol–water partition coefficient (Wildman–Crippen LogP) is 4.14. The van der Waals surface area contributed by atoms with Crippen molar-refractivity contribution < 1.29 is 0 Å². The Morgan fingerprint density at radius 2 is 1.50 bits per heavy atom. The molecule has 0 nitrogen and oxygen atoms in total. The average Bonchev–Trinajstić information content (AvgIpc) is 2.22. The third kappa shape index (κ3) is 6.24. The Kier molecular flexibility index (Phi) is 6.39. The highest BCUT2D eigenvalue weighted by atomic mass is 13.8. The topological polar surface area (TPSA) is 0 Å². The van der Waals surface area contributed by atoms with Gasteiger partial charge >= 0.3 is 0 Å². The maximum absolute atomic E-state index is 3.20. The molecule has 0 saturated heterocycles. The molecule has 0 spiro atoms. The van der Waals surface area contributed by atoms with Crippen molar-refractivity contribution in [3.8, 4) is 0 Å². The van der Waals surface area contributed by atoms with Crippen molar-refractivity contribution in [3.05, 3.63) is 60.8 Å². The van der Waals surface area contributed by atoms with Crippen LogP contribution in [0.15, 0.2) is 54.7 Å². The van der Waals surface area contributed by atoms with Crippen LogP contribution in [-0.4, -0.2) is 0 Å². The standard InChI is InChI=1S/C14H17/c1-2-4-6-8-10-12-14-13-11-9-7-5-3-1/h1-4,7,9-12H,5-6,8,14H2/b3-1+,4-2+,9-7-,12-10+,13-11?. The van der Waals surface area contributed by atoms with Crippen molar-refractivity contribution in [2.45, 2.75) is 25.7 Å². The lowest BCUT2D eigenvalue weighted by Gasteiger charge is -1.86. The highest BCUT2D eigenvalue weighted by Crippen LogP contribution is 1.97. The van der Waals surface area contributed by atoms with Crippen LogP contribution < -0.4 is 0 Å². The van der Waals surface area contributed by atoms with E-state index >= 15 is 0 Å². The van der Waals surface area contributed by atoms with E-state index in [1.807, 2.05) is 12.2 Å². The second-order valence-electron chi connectivity index (χ2n) is 3.14. The maximum Gasteiger partial charge on any atom is -0.00946 e. The van der Waals surface area contributed by atoms with E-state index in [-0.39, 0.29) is 0 Å². The molecule has 0 amide bonds. The van der Waals surface area contributed by atoms with Crippen molar-refractivity contribution in [2.24, 2.45) is 0 Å². The van der Waals surface area contributed by atoms with Crippen molar-refractivity contribution in [1.82, 2.24) is 0 Å². The molecule has 0 aliphatic heterocycles. The van der Waals surface area contributed by atoms with Gasteiger partial charge in [0.2, 0.25) is 0 Å². The van der Waals surface area contributed by atoms with E-state index < -0.39 is 0 Å². The van der Waals surface area contributed by atoms with E-state index in [0.29, 0.717) is 0 Å². The molecule has 1 rings (SSSR count). The molecule has 73 valence electrons. The third-order valence-corrected chi connectivity index (χ3v) is 1.91. The van der Waals surface area contributed by atoms with Crippen LogP contribution in [0.2, 0.25) is 0 Å². The fourth-order valence-corrected chi connectivity index (χ4v) is 1.15. The van der Waals surface area contributed by atoms with Crippen LogP contribution in [0.4, 0.5) is 0 Å². The molecule has 0 aromatic heterocycles. The monoisotopic (exact) mass is 185 g/mol. The van der Waals surface area contributed by atoms with E-state index in [0.717, 1.165) is 25.7 Å². The smallest absolute Gasteiger partial charge is 0.00946 e. The first kappa shape index (κ1) is 10.8. The molecule has 1 radical (unpaired) electrons. The molecule has 0 aromatic carbocycles. The second-order valence-corrected chi connectivity index (χ2v) is 3.14. The first-order valence-electron chi connectivity index (χ1n) is 5.18. The van der Waals surface area contributed by atoms with Gasteiger partial charge in [0.05, 0.1) is 0 Å². The summed E-state index contributed by atoms with van der Waals surface area (Å²) in [6.45, 7) is 0. The lowest BCUT2D eigenvalue weighted by molar-refractivity contribution is 1.04. The zero-order valence-corrected chi connectivity index (χ0v) is 8.52. The van der Waals surface area contributed by atoms with Gasteiger partial charge < -0.3 is 0 Å². The fourth-order valence-electron chi connectivity index (χ4n) is 1.15. The van der Waals surface area contributed by atoms with Crippen LogP contribution in [-0.2, 0) is 0 Å².